The van der Waals surface area contributed by atoms with Crippen LogP contribution in [-0.4, -0.2) is 41.0 Å². The summed E-state index contributed by atoms with van der Waals surface area (Å²) in [6, 6.07) is 9.67. The lowest BCUT2D eigenvalue weighted by Crippen LogP contribution is -2.30. The third kappa shape index (κ3) is 5.63. The maximum absolute atomic E-state index is 12.4. The van der Waals surface area contributed by atoms with Crippen LogP contribution in [0.5, 0.6) is 11.5 Å². The number of pyridine rings is 1. The number of hydrogen-bond donors (Lipinski definition) is 1. The van der Waals surface area contributed by atoms with Gasteiger partial charge in [-0.3, -0.25) is 18.8 Å². The summed E-state index contributed by atoms with van der Waals surface area (Å²) < 4.78 is 17.5. The van der Waals surface area contributed by atoms with Gasteiger partial charge >= 0.3 is 5.97 Å². The number of nitrogens with zero attached hydrogens (tertiary/aromatic N) is 2. The van der Waals surface area contributed by atoms with Crippen molar-refractivity contribution in [1.29, 1.82) is 0 Å². The molecule has 0 bridgehead atoms. The van der Waals surface area contributed by atoms with Crippen molar-refractivity contribution in [2.45, 2.75) is 27.4 Å². The monoisotopic (exact) mass is 439 g/mol. The van der Waals surface area contributed by atoms with Gasteiger partial charge in [-0.15, -0.1) is 0 Å². The average Bonchev–Trinajstić information content (AvgIpc) is 2.77. The first-order valence-electron chi connectivity index (χ1n) is 10.2. The first-order valence-corrected chi connectivity index (χ1v) is 10.2. The van der Waals surface area contributed by atoms with Crippen molar-refractivity contribution < 1.29 is 23.8 Å². The Balaban J connectivity index is 1.58. The molecule has 3 rings (SSSR count). The molecule has 32 heavy (non-hydrogen) atoms. The number of rotatable bonds is 9. The lowest BCUT2D eigenvalue weighted by Gasteiger charge is -2.12. The maximum atomic E-state index is 12.4. The fourth-order valence-electron chi connectivity index (χ4n) is 2.98. The second kappa shape index (κ2) is 10.4. The first-order chi connectivity index (χ1) is 15.4. The highest BCUT2D eigenvalue weighted by Crippen LogP contribution is 2.28. The SMILES string of the molecule is CCOc1ccc(C(=O)NCC(=O)OCc2cc(=O)n3ccc(C)cc3n2)cc1OCC. The zero-order valence-electron chi connectivity index (χ0n) is 18.2. The van der Waals surface area contributed by atoms with Crippen LogP contribution in [0, 0.1) is 6.92 Å². The molecule has 0 saturated carbocycles. The normalized spacial score (nSPS) is 10.6. The molecule has 2 heterocycles. The second-order valence-corrected chi connectivity index (χ2v) is 6.89. The van der Waals surface area contributed by atoms with Gasteiger partial charge in [0.05, 0.1) is 18.9 Å². The Kier molecular flexibility index (Phi) is 7.43. The third-order valence-electron chi connectivity index (χ3n) is 4.46. The average molecular weight is 439 g/mol. The van der Waals surface area contributed by atoms with Crippen molar-refractivity contribution in [2.24, 2.45) is 0 Å². The molecule has 0 fully saturated rings. The molecule has 0 aliphatic heterocycles. The third-order valence-corrected chi connectivity index (χ3v) is 4.46. The van der Waals surface area contributed by atoms with E-state index in [1.807, 2.05) is 20.8 Å². The molecule has 1 N–H and O–H groups in total. The van der Waals surface area contributed by atoms with Crippen LogP contribution < -0.4 is 20.3 Å². The van der Waals surface area contributed by atoms with Crippen molar-refractivity contribution in [3.8, 4) is 11.5 Å². The Hall–Kier alpha value is -3.88. The molecule has 9 heteroatoms. The van der Waals surface area contributed by atoms with Crippen molar-refractivity contribution in [3.05, 3.63) is 69.8 Å². The van der Waals surface area contributed by atoms with Gasteiger partial charge < -0.3 is 19.5 Å². The Morgan fingerprint density at radius 2 is 1.78 bits per heavy atom. The van der Waals surface area contributed by atoms with E-state index < -0.39 is 11.9 Å². The molecule has 0 unspecified atom stereocenters. The number of hydrogen-bond acceptors (Lipinski definition) is 7. The van der Waals surface area contributed by atoms with E-state index in [-0.39, 0.29) is 18.7 Å². The van der Waals surface area contributed by atoms with Crippen molar-refractivity contribution in [3.63, 3.8) is 0 Å². The zero-order chi connectivity index (χ0) is 23.1. The van der Waals surface area contributed by atoms with E-state index in [0.29, 0.717) is 41.6 Å². The van der Waals surface area contributed by atoms with Crippen LogP contribution in [0.1, 0.15) is 35.5 Å². The number of nitrogens with one attached hydrogen (secondary N) is 1. The van der Waals surface area contributed by atoms with Crippen molar-refractivity contribution >= 4 is 17.5 Å². The van der Waals surface area contributed by atoms with Gasteiger partial charge in [0.2, 0.25) is 0 Å². The topological polar surface area (TPSA) is 108 Å². The molecule has 168 valence electrons. The summed E-state index contributed by atoms with van der Waals surface area (Å²) in [5, 5.41) is 2.51. The quantitative estimate of drug-likeness (QED) is 0.510. The zero-order valence-corrected chi connectivity index (χ0v) is 18.2. The van der Waals surface area contributed by atoms with Gasteiger partial charge in [0, 0.05) is 17.8 Å². The molecule has 0 aliphatic rings. The fourth-order valence-corrected chi connectivity index (χ4v) is 2.98. The number of esters is 1. The van der Waals surface area contributed by atoms with Crippen LogP contribution in [-0.2, 0) is 16.1 Å². The van der Waals surface area contributed by atoms with Crippen LogP contribution in [0.25, 0.3) is 5.65 Å². The van der Waals surface area contributed by atoms with Gasteiger partial charge in [-0.05, 0) is 56.7 Å². The van der Waals surface area contributed by atoms with Crippen LogP contribution in [0.4, 0.5) is 0 Å². The van der Waals surface area contributed by atoms with E-state index in [1.165, 1.54) is 10.5 Å². The maximum Gasteiger partial charge on any atom is 0.325 e. The highest BCUT2D eigenvalue weighted by atomic mass is 16.5. The first kappa shape index (κ1) is 22.8. The summed E-state index contributed by atoms with van der Waals surface area (Å²) in [4.78, 5) is 41.0. The molecular weight excluding hydrogens is 414 g/mol. The molecule has 0 radical (unpaired) electrons. The number of carbonyl (C=O) groups is 2. The predicted octanol–water partition coefficient (Wildman–Crippen LogP) is 2.27. The Labute approximate surface area is 184 Å². The van der Waals surface area contributed by atoms with Crippen molar-refractivity contribution in [1.82, 2.24) is 14.7 Å². The Bertz CT molecular complexity index is 1190. The largest absolute Gasteiger partial charge is 0.490 e. The molecule has 0 aliphatic carbocycles. The fraction of sp³-hybridized carbons (Fsp3) is 0.304. The number of fused-ring (bicyclic) bond motifs is 1. The summed E-state index contributed by atoms with van der Waals surface area (Å²) in [5.74, 6) is -0.114. The number of benzene rings is 1. The van der Waals surface area contributed by atoms with E-state index in [4.69, 9.17) is 14.2 Å². The standard InChI is InChI=1S/C23H25N3O6/c1-4-30-18-7-6-16(11-19(18)31-5-2)23(29)24-13-22(28)32-14-17-12-21(27)26-9-8-15(3)10-20(26)25-17/h6-12H,4-5,13-14H2,1-3H3,(H,24,29). The molecule has 0 spiro atoms. The van der Waals surface area contributed by atoms with E-state index in [2.05, 4.69) is 10.3 Å². The van der Waals surface area contributed by atoms with Crippen LogP contribution in [0.3, 0.4) is 0 Å². The smallest absolute Gasteiger partial charge is 0.325 e. The molecule has 1 aromatic carbocycles. The summed E-state index contributed by atoms with van der Waals surface area (Å²) >= 11 is 0. The van der Waals surface area contributed by atoms with E-state index in [1.54, 1.807) is 36.5 Å². The van der Waals surface area contributed by atoms with Gasteiger partial charge in [-0.1, -0.05) is 0 Å². The van der Waals surface area contributed by atoms with Gasteiger partial charge in [-0.2, -0.15) is 0 Å². The van der Waals surface area contributed by atoms with Crippen LogP contribution in [0.2, 0.25) is 0 Å². The lowest BCUT2D eigenvalue weighted by atomic mass is 10.2. The minimum atomic E-state index is -0.652. The number of ether oxygens (including phenoxy) is 3. The number of carbonyl (C=O) groups excluding carboxylic acids is 2. The van der Waals surface area contributed by atoms with E-state index >= 15 is 0 Å². The summed E-state index contributed by atoms with van der Waals surface area (Å²) in [6.45, 7) is 5.96. The number of aromatic nitrogens is 2. The minimum absolute atomic E-state index is 0.175. The van der Waals surface area contributed by atoms with Gasteiger partial charge in [0.15, 0.2) is 11.5 Å². The molecule has 2 aromatic heterocycles. The van der Waals surface area contributed by atoms with Gasteiger partial charge in [0.1, 0.15) is 18.8 Å². The van der Waals surface area contributed by atoms with E-state index in [9.17, 15) is 14.4 Å². The van der Waals surface area contributed by atoms with Crippen LogP contribution in [0.15, 0.2) is 47.4 Å². The van der Waals surface area contributed by atoms with Gasteiger partial charge in [-0.25, -0.2) is 4.98 Å². The lowest BCUT2D eigenvalue weighted by molar-refractivity contribution is -0.143. The molecule has 1 amide bonds. The highest BCUT2D eigenvalue weighted by molar-refractivity contribution is 5.96. The van der Waals surface area contributed by atoms with Crippen molar-refractivity contribution in [2.75, 3.05) is 19.8 Å². The molecule has 3 aromatic rings. The van der Waals surface area contributed by atoms with Crippen LogP contribution >= 0.6 is 0 Å². The summed E-state index contributed by atoms with van der Waals surface area (Å²) in [5.41, 5.74) is 1.81. The Morgan fingerprint density at radius 3 is 2.53 bits per heavy atom. The summed E-state index contributed by atoms with van der Waals surface area (Å²) in [7, 11) is 0. The molecule has 9 nitrogen and oxygen atoms in total. The minimum Gasteiger partial charge on any atom is -0.490 e. The molecular formula is C23H25N3O6. The highest BCUT2D eigenvalue weighted by Gasteiger charge is 2.13. The number of aryl methyl sites for hydroxylation is 1. The van der Waals surface area contributed by atoms with Gasteiger partial charge in [0.25, 0.3) is 11.5 Å². The summed E-state index contributed by atoms with van der Waals surface area (Å²) in [6.07, 6.45) is 1.64. The number of amides is 1. The molecule has 0 saturated heterocycles. The molecule has 0 atom stereocenters. The van der Waals surface area contributed by atoms with E-state index in [0.717, 1.165) is 5.56 Å². The Morgan fingerprint density at radius 1 is 1.03 bits per heavy atom. The predicted molar refractivity (Wildman–Crippen MR) is 117 cm³/mol. The second-order valence-electron chi connectivity index (χ2n) is 6.89.